The molecule has 2 aromatic rings. The van der Waals surface area contributed by atoms with E-state index in [1.807, 2.05) is 18.3 Å². The minimum absolute atomic E-state index is 0.169. The van der Waals surface area contributed by atoms with Gasteiger partial charge >= 0.3 is 0 Å². The first-order valence-corrected chi connectivity index (χ1v) is 10.4. The molecule has 0 saturated heterocycles. The standard InChI is InChI=1S/C25H24N2O2/c1-16-10-12-18(13-11-16)27-19-6-2-8-21(28)24(19)23(17-5-4-14-26-15-17)25-20(27)7-3-9-22(25)29/h4-5,10-15,23H,2-3,6-9H2,1H3. The summed E-state index contributed by atoms with van der Waals surface area (Å²) >= 11 is 0. The molecule has 4 heteroatoms. The molecule has 0 bridgehead atoms. The molecule has 1 aromatic carbocycles. The Kier molecular flexibility index (Phi) is 4.42. The Hall–Kier alpha value is -3.01. The molecule has 29 heavy (non-hydrogen) atoms. The third-order valence-corrected chi connectivity index (χ3v) is 6.28. The van der Waals surface area contributed by atoms with E-state index in [9.17, 15) is 9.59 Å². The van der Waals surface area contributed by atoms with Crippen LogP contribution in [0.25, 0.3) is 0 Å². The average Bonchev–Trinajstić information content (AvgIpc) is 2.74. The Labute approximate surface area is 171 Å². The van der Waals surface area contributed by atoms with Crippen molar-refractivity contribution in [1.82, 2.24) is 4.98 Å². The molecule has 0 fully saturated rings. The third kappa shape index (κ3) is 2.94. The average molecular weight is 384 g/mol. The highest BCUT2D eigenvalue weighted by molar-refractivity contribution is 6.07. The SMILES string of the molecule is Cc1ccc(N2C3=C(C(=O)CCC3)C(c3cccnc3)C3=C2CCCC3=O)cc1. The predicted octanol–water partition coefficient (Wildman–Crippen LogP) is 5.01. The number of anilines is 1. The maximum atomic E-state index is 13.2. The van der Waals surface area contributed by atoms with Gasteiger partial charge in [0, 0.05) is 59.4 Å². The zero-order valence-electron chi connectivity index (χ0n) is 16.6. The summed E-state index contributed by atoms with van der Waals surface area (Å²) in [6.07, 6.45) is 8.08. The first-order chi connectivity index (χ1) is 14.1. The molecule has 4 nitrogen and oxygen atoms in total. The van der Waals surface area contributed by atoms with Crippen molar-refractivity contribution in [2.75, 3.05) is 4.90 Å². The summed E-state index contributed by atoms with van der Waals surface area (Å²) in [5.74, 6) is 0.0558. The highest BCUT2D eigenvalue weighted by atomic mass is 16.1. The normalized spacial score (nSPS) is 20.1. The lowest BCUT2D eigenvalue weighted by atomic mass is 9.71. The van der Waals surface area contributed by atoms with Crippen molar-refractivity contribution in [3.63, 3.8) is 0 Å². The van der Waals surface area contributed by atoms with Crippen LogP contribution in [-0.2, 0) is 9.59 Å². The van der Waals surface area contributed by atoms with Gasteiger partial charge in [-0.05, 0) is 56.4 Å². The maximum Gasteiger partial charge on any atom is 0.161 e. The Morgan fingerprint density at radius 3 is 2.03 bits per heavy atom. The van der Waals surface area contributed by atoms with Gasteiger partial charge in [-0.1, -0.05) is 23.8 Å². The zero-order chi connectivity index (χ0) is 20.0. The van der Waals surface area contributed by atoms with Gasteiger partial charge in [-0.15, -0.1) is 0 Å². The van der Waals surface area contributed by atoms with Gasteiger partial charge in [-0.2, -0.15) is 0 Å². The molecule has 0 unspecified atom stereocenters. The number of aryl methyl sites for hydroxylation is 1. The highest BCUT2D eigenvalue weighted by Gasteiger charge is 2.43. The number of nitrogens with zero attached hydrogens (tertiary/aromatic N) is 2. The van der Waals surface area contributed by atoms with Gasteiger partial charge in [0.05, 0.1) is 0 Å². The molecule has 1 aromatic heterocycles. The number of Topliss-reactive ketones (excluding diaryl/α,β-unsaturated/α-hetero) is 2. The molecule has 0 N–H and O–H groups in total. The van der Waals surface area contributed by atoms with Crippen molar-refractivity contribution < 1.29 is 9.59 Å². The fourth-order valence-electron chi connectivity index (χ4n) is 5.01. The molecule has 0 amide bonds. The number of hydrogen-bond donors (Lipinski definition) is 0. The summed E-state index contributed by atoms with van der Waals surface area (Å²) in [7, 11) is 0. The number of pyridine rings is 1. The summed E-state index contributed by atoms with van der Waals surface area (Å²) in [6.45, 7) is 2.07. The number of rotatable bonds is 2. The highest BCUT2D eigenvalue weighted by Crippen LogP contribution is 2.50. The number of aromatic nitrogens is 1. The Morgan fingerprint density at radius 2 is 1.48 bits per heavy atom. The van der Waals surface area contributed by atoms with Crippen LogP contribution in [0, 0.1) is 6.92 Å². The second kappa shape index (κ2) is 7.11. The fraction of sp³-hybridized carbons (Fsp3) is 0.320. The molecule has 2 aliphatic carbocycles. The Bertz CT molecular complexity index is 1000. The number of benzene rings is 1. The molecule has 1 aliphatic heterocycles. The third-order valence-electron chi connectivity index (χ3n) is 6.28. The van der Waals surface area contributed by atoms with Gasteiger partial charge in [0.2, 0.25) is 0 Å². The van der Waals surface area contributed by atoms with Crippen LogP contribution in [0.1, 0.15) is 55.6 Å². The van der Waals surface area contributed by atoms with Gasteiger partial charge in [0.1, 0.15) is 0 Å². The van der Waals surface area contributed by atoms with Gasteiger partial charge in [0.25, 0.3) is 0 Å². The molecular formula is C25H24N2O2. The number of ketones is 2. The van der Waals surface area contributed by atoms with E-state index in [0.29, 0.717) is 12.8 Å². The number of carbonyl (C=O) groups is 2. The largest absolute Gasteiger partial charge is 0.317 e. The smallest absolute Gasteiger partial charge is 0.161 e. The van der Waals surface area contributed by atoms with Crippen molar-refractivity contribution in [3.05, 3.63) is 82.5 Å². The fourth-order valence-corrected chi connectivity index (χ4v) is 5.01. The summed E-state index contributed by atoms with van der Waals surface area (Å²) in [5, 5.41) is 0. The van der Waals surface area contributed by atoms with Crippen LogP contribution in [0.2, 0.25) is 0 Å². The van der Waals surface area contributed by atoms with Gasteiger partial charge in [0.15, 0.2) is 11.6 Å². The van der Waals surface area contributed by atoms with Crippen molar-refractivity contribution in [3.8, 4) is 0 Å². The quantitative estimate of drug-likeness (QED) is 0.730. The second-order valence-electron chi connectivity index (χ2n) is 8.16. The van der Waals surface area contributed by atoms with Crippen LogP contribution in [0.5, 0.6) is 0 Å². The summed E-state index contributed by atoms with van der Waals surface area (Å²) < 4.78 is 0. The molecule has 2 heterocycles. The number of allylic oxidation sites excluding steroid dienone is 4. The Morgan fingerprint density at radius 1 is 0.862 bits per heavy atom. The molecular weight excluding hydrogens is 360 g/mol. The maximum absolute atomic E-state index is 13.2. The monoisotopic (exact) mass is 384 g/mol. The van der Waals surface area contributed by atoms with Crippen LogP contribution in [-0.4, -0.2) is 16.6 Å². The lowest BCUT2D eigenvalue weighted by Crippen LogP contribution is -2.39. The number of hydrogen-bond acceptors (Lipinski definition) is 4. The summed E-state index contributed by atoms with van der Waals surface area (Å²) in [6, 6.07) is 12.3. The molecule has 146 valence electrons. The predicted molar refractivity (Wildman–Crippen MR) is 112 cm³/mol. The molecule has 0 spiro atoms. The van der Waals surface area contributed by atoms with E-state index in [1.54, 1.807) is 6.20 Å². The lowest BCUT2D eigenvalue weighted by molar-refractivity contribution is -0.116. The lowest BCUT2D eigenvalue weighted by Gasteiger charge is -2.43. The molecule has 0 saturated carbocycles. The van der Waals surface area contributed by atoms with Crippen LogP contribution in [0.3, 0.4) is 0 Å². The second-order valence-corrected chi connectivity index (χ2v) is 8.16. The summed E-state index contributed by atoms with van der Waals surface area (Å²) in [5.41, 5.74) is 6.95. The summed E-state index contributed by atoms with van der Waals surface area (Å²) in [4.78, 5) is 32.9. The topological polar surface area (TPSA) is 50.3 Å². The molecule has 5 rings (SSSR count). The van der Waals surface area contributed by atoms with E-state index in [-0.39, 0.29) is 17.5 Å². The zero-order valence-corrected chi connectivity index (χ0v) is 16.6. The van der Waals surface area contributed by atoms with Crippen LogP contribution < -0.4 is 4.90 Å². The molecule has 3 aliphatic rings. The molecule has 0 atom stereocenters. The Balaban J connectivity index is 1.78. The molecule has 0 radical (unpaired) electrons. The number of carbonyl (C=O) groups excluding carboxylic acids is 2. The van der Waals surface area contributed by atoms with Crippen molar-refractivity contribution in [2.24, 2.45) is 0 Å². The van der Waals surface area contributed by atoms with Gasteiger partial charge < -0.3 is 4.90 Å². The van der Waals surface area contributed by atoms with Crippen LogP contribution in [0.4, 0.5) is 5.69 Å². The van der Waals surface area contributed by atoms with E-state index < -0.39 is 0 Å². The van der Waals surface area contributed by atoms with Crippen LogP contribution >= 0.6 is 0 Å². The minimum atomic E-state index is -0.281. The van der Waals surface area contributed by atoms with Crippen molar-refractivity contribution in [2.45, 2.75) is 51.4 Å². The minimum Gasteiger partial charge on any atom is -0.317 e. The first-order valence-electron chi connectivity index (χ1n) is 10.4. The van der Waals surface area contributed by atoms with E-state index in [1.165, 1.54) is 5.56 Å². The van der Waals surface area contributed by atoms with Crippen molar-refractivity contribution >= 4 is 17.3 Å². The van der Waals surface area contributed by atoms with Gasteiger partial charge in [-0.25, -0.2) is 0 Å². The van der Waals surface area contributed by atoms with E-state index in [2.05, 4.69) is 41.1 Å². The van der Waals surface area contributed by atoms with Crippen molar-refractivity contribution in [1.29, 1.82) is 0 Å². The van der Waals surface area contributed by atoms with E-state index in [4.69, 9.17) is 0 Å². The first kappa shape index (κ1) is 18.0. The van der Waals surface area contributed by atoms with Gasteiger partial charge in [-0.3, -0.25) is 14.6 Å². The van der Waals surface area contributed by atoms with Crippen LogP contribution in [0.15, 0.2) is 71.3 Å². The van der Waals surface area contributed by atoms with E-state index in [0.717, 1.165) is 59.5 Å². The van der Waals surface area contributed by atoms with E-state index >= 15 is 0 Å².